The quantitative estimate of drug-likeness (QED) is 0.265. The van der Waals surface area contributed by atoms with Crippen LogP contribution >= 0.6 is 0 Å². The summed E-state index contributed by atoms with van der Waals surface area (Å²) < 4.78 is 31.6. The summed E-state index contributed by atoms with van der Waals surface area (Å²) in [6.07, 6.45) is 0. The van der Waals surface area contributed by atoms with Crippen molar-refractivity contribution >= 4 is 29.3 Å². The van der Waals surface area contributed by atoms with Crippen molar-refractivity contribution in [1.29, 1.82) is 0 Å². The van der Waals surface area contributed by atoms with E-state index in [-0.39, 0.29) is 30.5 Å². The molecule has 0 radical (unpaired) electrons. The Morgan fingerprint density at radius 3 is 1.12 bits per heavy atom. The van der Waals surface area contributed by atoms with Gasteiger partial charge in [0.15, 0.2) is 0 Å². The summed E-state index contributed by atoms with van der Waals surface area (Å²) in [5.41, 5.74) is 0. The van der Waals surface area contributed by atoms with Gasteiger partial charge in [-0.05, 0) is 0 Å². The molecule has 0 atom stereocenters. The van der Waals surface area contributed by atoms with E-state index in [0.717, 1.165) is 0 Å². The molecule has 0 aliphatic carbocycles. The minimum atomic E-state index is -4.67. The Morgan fingerprint density at radius 1 is 1.12 bits per heavy atom. The molecule has 7 N–H and O–H groups in total. The fourth-order valence-electron chi connectivity index (χ4n) is 0. The van der Waals surface area contributed by atoms with Crippen molar-refractivity contribution in [3.8, 4) is 0 Å². The van der Waals surface area contributed by atoms with Crippen molar-refractivity contribution in [2.24, 2.45) is 0 Å². The SMILES string of the molecule is N.O.O=S(=O)(O)O.[LiH]. The van der Waals surface area contributed by atoms with Gasteiger partial charge in [-0.3, -0.25) is 9.11 Å². The minimum absolute atomic E-state index is 0. The van der Waals surface area contributed by atoms with Gasteiger partial charge in [0.2, 0.25) is 0 Å². The second kappa shape index (κ2) is 7.39. The predicted molar refractivity (Wildman–Crippen MR) is 30.0 cm³/mol. The van der Waals surface area contributed by atoms with Gasteiger partial charge in [-0.2, -0.15) is 8.42 Å². The first kappa shape index (κ1) is 23.8. The Balaban J connectivity index is -0.0000000267. The van der Waals surface area contributed by atoms with E-state index in [1.54, 1.807) is 0 Å². The molecule has 0 bridgehead atoms. The van der Waals surface area contributed by atoms with Crippen molar-refractivity contribution in [3.05, 3.63) is 0 Å². The fourth-order valence-corrected chi connectivity index (χ4v) is 0. The van der Waals surface area contributed by atoms with Crippen molar-refractivity contribution < 1.29 is 23.0 Å². The van der Waals surface area contributed by atoms with Gasteiger partial charge in [-0.25, -0.2) is 0 Å². The van der Waals surface area contributed by atoms with E-state index in [1.165, 1.54) is 0 Å². The maximum absolute atomic E-state index is 8.74. The zero-order valence-corrected chi connectivity index (χ0v) is 4.14. The molecule has 0 aromatic carbocycles. The van der Waals surface area contributed by atoms with Crippen LogP contribution in [0.25, 0.3) is 0 Å². The van der Waals surface area contributed by atoms with Crippen molar-refractivity contribution in [1.82, 2.24) is 6.15 Å². The Kier molecular flexibility index (Phi) is 22.0. The van der Waals surface area contributed by atoms with Crippen LogP contribution in [0.3, 0.4) is 0 Å². The van der Waals surface area contributed by atoms with Gasteiger partial charge in [0.05, 0.1) is 0 Å². The molecule has 0 fully saturated rings. The van der Waals surface area contributed by atoms with Gasteiger partial charge in [0.1, 0.15) is 0 Å². The van der Waals surface area contributed by atoms with Crippen LogP contribution in [0.1, 0.15) is 0 Å². The standard InChI is InChI=1S/Li.H3N.H2O4S.H2O.H/c;;1-5(2,3)4;;/h;1H3;(H2,1,2,3,4);1H2;. The molecule has 0 rings (SSSR count). The molecule has 0 aromatic rings. The zero-order chi connectivity index (χ0) is 4.50. The van der Waals surface area contributed by atoms with Gasteiger partial charge in [-0.1, -0.05) is 0 Å². The van der Waals surface area contributed by atoms with Crippen LogP contribution in [0.4, 0.5) is 0 Å². The molecule has 8 heavy (non-hydrogen) atoms. The summed E-state index contributed by atoms with van der Waals surface area (Å²) in [5, 5.41) is 0. The molecule has 50 valence electrons. The average Bonchev–Trinajstić information content (AvgIpc) is 0.722. The van der Waals surface area contributed by atoms with Crippen LogP contribution in [-0.2, 0) is 10.4 Å². The number of hydrogen-bond donors (Lipinski definition) is 3. The summed E-state index contributed by atoms with van der Waals surface area (Å²) in [7, 11) is -4.67. The summed E-state index contributed by atoms with van der Waals surface area (Å²) in [4.78, 5) is 0. The maximum atomic E-state index is 8.74. The molecule has 0 saturated carbocycles. The van der Waals surface area contributed by atoms with Crippen LogP contribution in [0.15, 0.2) is 0 Å². The molecule has 8 heteroatoms. The summed E-state index contributed by atoms with van der Waals surface area (Å²) in [5.74, 6) is 0. The second-order valence-electron chi connectivity index (χ2n) is 0.448. The molecule has 0 heterocycles. The normalized spacial score (nSPS) is 7.25. The Labute approximate surface area is 58.9 Å². The zero-order valence-electron chi connectivity index (χ0n) is 3.33. The first-order chi connectivity index (χ1) is 2.00. The van der Waals surface area contributed by atoms with Crippen LogP contribution in [0, 0.1) is 0 Å². The average molecular weight is 141 g/mol. The van der Waals surface area contributed by atoms with Gasteiger partial charge in [0, 0.05) is 0 Å². The monoisotopic (exact) mass is 141 g/mol. The van der Waals surface area contributed by atoms with Gasteiger partial charge >= 0.3 is 29.3 Å². The fraction of sp³-hybridized carbons (Fsp3) is 0. The van der Waals surface area contributed by atoms with E-state index >= 15 is 0 Å². The van der Waals surface area contributed by atoms with E-state index in [1.807, 2.05) is 0 Å². The van der Waals surface area contributed by atoms with Gasteiger partial charge in [0.25, 0.3) is 0 Å². The summed E-state index contributed by atoms with van der Waals surface area (Å²) >= 11 is 0. The van der Waals surface area contributed by atoms with E-state index in [9.17, 15) is 0 Å². The summed E-state index contributed by atoms with van der Waals surface area (Å²) in [6.45, 7) is 0. The van der Waals surface area contributed by atoms with Gasteiger partial charge < -0.3 is 11.6 Å². The topological polar surface area (TPSA) is 141 Å². The third-order valence-corrected chi connectivity index (χ3v) is 0. The van der Waals surface area contributed by atoms with Crippen molar-refractivity contribution in [2.45, 2.75) is 0 Å². The van der Waals surface area contributed by atoms with Crippen LogP contribution in [0.2, 0.25) is 0 Å². The molecule has 0 saturated heterocycles. The molecule has 0 aliphatic rings. The van der Waals surface area contributed by atoms with E-state index in [2.05, 4.69) is 0 Å². The third-order valence-electron chi connectivity index (χ3n) is 0. The molecule has 0 aromatic heterocycles. The first-order valence-corrected chi connectivity index (χ1v) is 2.10. The molecule has 0 aliphatic heterocycles. The van der Waals surface area contributed by atoms with Crippen LogP contribution < -0.4 is 6.15 Å². The number of rotatable bonds is 0. The van der Waals surface area contributed by atoms with E-state index in [4.69, 9.17) is 17.5 Å². The number of hydrogen-bond acceptors (Lipinski definition) is 3. The molecular formula is H8LiNO5S. The van der Waals surface area contributed by atoms with E-state index < -0.39 is 10.4 Å². The third kappa shape index (κ3) is 1240. The van der Waals surface area contributed by atoms with Crippen LogP contribution in [-0.4, -0.2) is 41.9 Å². The van der Waals surface area contributed by atoms with Crippen molar-refractivity contribution in [3.63, 3.8) is 0 Å². The van der Waals surface area contributed by atoms with E-state index in [0.29, 0.717) is 0 Å². The van der Waals surface area contributed by atoms with Gasteiger partial charge in [-0.15, -0.1) is 0 Å². The predicted octanol–water partition coefficient (Wildman–Crippen LogP) is -1.96. The Bertz CT molecular complexity index is 95.6. The van der Waals surface area contributed by atoms with Crippen LogP contribution in [0.5, 0.6) is 0 Å². The Hall–Kier alpha value is 0.387. The molecule has 0 spiro atoms. The second-order valence-corrected chi connectivity index (χ2v) is 1.34. The Morgan fingerprint density at radius 2 is 1.12 bits per heavy atom. The first-order valence-electron chi connectivity index (χ1n) is 0.698. The summed E-state index contributed by atoms with van der Waals surface area (Å²) in [6, 6.07) is 0. The molecule has 0 unspecified atom stereocenters. The molecule has 6 nitrogen and oxygen atoms in total. The molecule has 0 amide bonds. The molecular weight excluding hydrogens is 133 g/mol. The van der Waals surface area contributed by atoms with Crippen molar-refractivity contribution in [2.75, 3.05) is 0 Å².